The number of rotatable bonds is 7. The zero-order chi connectivity index (χ0) is 14.4. The van der Waals surface area contributed by atoms with Crippen molar-refractivity contribution >= 4 is 11.6 Å². The summed E-state index contributed by atoms with van der Waals surface area (Å²) in [6, 6.07) is 7.05. The van der Waals surface area contributed by atoms with Crippen molar-refractivity contribution in [3.05, 3.63) is 29.8 Å². The first kappa shape index (κ1) is 15.4. The maximum absolute atomic E-state index is 12.4. The molecule has 0 spiro atoms. The Hall–Kier alpha value is -1.68. The van der Waals surface area contributed by atoms with Crippen molar-refractivity contribution in [2.45, 2.75) is 13.3 Å². The molecule has 104 valence electrons. The summed E-state index contributed by atoms with van der Waals surface area (Å²) < 4.78 is 5.12. The molecule has 1 aromatic rings. The van der Waals surface area contributed by atoms with Gasteiger partial charge < -0.3 is 14.4 Å². The van der Waals surface area contributed by atoms with Gasteiger partial charge >= 0.3 is 0 Å². The van der Waals surface area contributed by atoms with Gasteiger partial charge in [0.2, 0.25) is 0 Å². The highest BCUT2D eigenvalue weighted by Crippen LogP contribution is 2.18. The number of carbonyl (C=O) groups excluding carboxylic acids is 2. The van der Waals surface area contributed by atoms with E-state index in [1.807, 2.05) is 19.0 Å². The highest BCUT2D eigenvalue weighted by atomic mass is 16.5. The van der Waals surface area contributed by atoms with Crippen molar-refractivity contribution < 1.29 is 14.3 Å². The molecule has 1 atom stereocenters. The largest absolute Gasteiger partial charge is 0.497 e. The lowest BCUT2D eigenvalue weighted by Gasteiger charge is -2.19. The molecule has 0 fully saturated rings. The number of ketones is 2. The van der Waals surface area contributed by atoms with Crippen LogP contribution in [0.1, 0.15) is 23.7 Å². The fraction of sp³-hybridized carbons (Fsp3) is 0.467. The minimum atomic E-state index is -0.306. The van der Waals surface area contributed by atoms with Gasteiger partial charge in [0.15, 0.2) is 5.78 Å². The fourth-order valence-corrected chi connectivity index (χ4v) is 2.04. The third-order valence-electron chi connectivity index (χ3n) is 2.84. The Bertz CT molecular complexity index is 454. The fourth-order valence-electron chi connectivity index (χ4n) is 2.04. The number of benzene rings is 1. The summed E-state index contributed by atoms with van der Waals surface area (Å²) in [5.74, 6) is 0.364. The van der Waals surface area contributed by atoms with Crippen molar-refractivity contribution in [1.29, 1.82) is 0 Å². The Morgan fingerprint density at radius 2 is 2.00 bits per heavy atom. The van der Waals surface area contributed by atoms with Gasteiger partial charge in [0.05, 0.1) is 7.11 Å². The van der Waals surface area contributed by atoms with Crippen LogP contribution in [0, 0.1) is 5.92 Å². The molecule has 0 N–H and O–H groups in total. The molecule has 4 nitrogen and oxygen atoms in total. The monoisotopic (exact) mass is 263 g/mol. The van der Waals surface area contributed by atoms with Crippen LogP contribution >= 0.6 is 0 Å². The second kappa shape index (κ2) is 7.04. The number of Topliss-reactive ketones (excluding diaryl/α,β-unsaturated/α-hetero) is 2. The van der Waals surface area contributed by atoms with Crippen molar-refractivity contribution in [3.8, 4) is 5.75 Å². The van der Waals surface area contributed by atoms with E-state index >= 15 is 0 Å². The smallest absolute Gasteiger partial charge is 0.167 e. The van der Waals surface area contributed by atoms with Gasteiger partial charge in [-0.25, -0.2) is 0 Å². The number of nitrogens with zero attached hydrogens (tertiary/aromatic N) is 1. The Morgan fingerprint density at radius 3 is 2.53 bits per heavy atom. The van der Waals surface area contributed by atoms with Gasteiger partial charge in [-0.3, -0.25) is 4.79 Å². The first-order valence-electron chi connectivity index (χ1n) is 6.26. The van der Waals surface area contributed by atoms with E-state index < -0.39 is 0 Å². The lowest BCUT2D eigenvalue weighted by atomic mass is 9.92. The molecule has 1 aromatic carbocycles. The molecule has 0 aromatic heterocycles. The standard InChI is InChI=1S/C15H21NO3/c1-11(17)8-13(10-16(2)3)15(18)12-6-5-7-14(9-12)19-4/h5-7,9,13H,8,10H2,1-4H3. The summed E-state index contributed by atoms with van der Waals surface area (Å²) in [5, 5.41) is 0. The van der Waals surface area contributed by atoms with Crippen LogP contribution in [0.15, 0.2) is 24.3 Å². The highest BCUT2D eigenvalue weighted by Gasteiger charge is 2.22. The van der Waals surface area contributed by atoms with Crippen LogP contribution in [0.3, 0.4) is 0 Å². The Labute approximate surface area is 114 Å². The lowest BCUT2D eigenvalue weighted by Crippen LogP contribution is -2.29. The molecule has 19 heavy (non-hydrogen) atoms. The first-order chi connectivity index (χ1) is 8.93. The van der Waals surface area contributed by atoms with Crippen molar-refractivity contribution in [3.63, 3.8) is 0 Å². The molecule has 0 bridgehead atoms. The predicted octanol–water partition coefficient (Wildman–Crippen LogP) is 2.03. The summed E-state index contributed by atoms with van der Waals surface area (Å²) in [6.07, 6.45) is 0.272. The lowest BCUT2D eigenvalue weighted by molar-refractivity contribution is -0.117. The summed E-state index contributed by atoms with van der Waals surface area (Å²) in [7, 11) is 5.36. The minimum absolute atomic E-state index is 0.0113. The van der Waals surface area contributed by atoms with Crippen molar-refractivity contribution in [2.75, 3.05) is 27.7 Å². The van der Waals surface area contributed by atoms with Gasteiger partial charge in [0.25, 0.3) is 0 Å². The van der Waals surface area contributed by atoms with Crippen LogP contribution in [-0.4, -0.2) is 44.2 Å². The maximum Gasteiger partial charge on any atom is 0.167 e. The van der Waals surface area contributed by atoms with E-state index in [2.05, 4.69) is 0 Å². The molecule has 0 aliphatic rings. The van der Waals surface area contributed by atoms with E-state index in [9.17, 15) is 9.59 Å². The summed E-state index contributed by atoms with van der Waals surface area (Å²) >= 11 is 0. The third-order valence-corrected chi connectivity index (χ3v) is 2.84. The van der Waals surface area contributed by atoms with Crippen LogP contribution < -0.4 is 4.74 Å². The number of ether oxygens (including phenoxy) is 1. The quantitative estimate of drug-likeness (QED) is 0.706. The average Bonchev–Trinajstić information content (AvgIpc) is 2.36. The summed E-state index contributed by atoms with van der Waals surface area (Å²) in [6.45, 7) is 2.08. The summed E-state index contributed by atoms with van der Waals surface area (Å²) in [5.41, 5.74) is 0.590. The van der Waals surface area contributed by atoms with E-state index in [4.69, 9.17) is 4.74 Å². The molecular weight excluding hydrogens is 242 g/mol. The molecule has 4 heteroatoms. The average molecular weight is 263 g/mol. The first-order valence-corrected chi connectivity index (χ1v) is 6.26. The van der Waals surface area contributed by atoms with E-state index in [1.165, 1.54) is 6.92 Å². The second-order valence-electron chi connectivity index (χ2n) is 4.96. The third kappa shape index (κ3) is 4.83. The molecule has 0 aliphatic carbocycles. The van der Waals surface area contributed by atoms with Crippen molar-refractivity contribution in [1.82, 2.24) is 4.90 Å². The number of methoxy groups -OCH3 is 1. The Morgan fingerprint density at radius 1 is 1.32 bits per heavy atom. The van der Waals surface area contributed by atoms with E-state index in [1.54, 1.807) is 31.4 Å². The number of hydrogen-bond donors (Lipinski definition) is 0. The van der Waals surface area contributed by atoms with E-state index in [-0.39, 0.29) is 23.9 Å². The maximum atomic E-state index is 12.4. The molecule has 1 rings (SSSR count). The number of hydrogen-bond acceptors (Lipinski definition) is 4. The zero-order valence-electron chi connectivity index (χ0n) is 12.0. The normalized spacial score (nSPS) is 12.3. The van der Waals surface area contributed by atoms with Gasteiger partial charge in [-0.05, 0) is 33.2 Å². The molecular formula is C15H21NO3. The molecule has 0 saturated heterocycles. The topological polar surface area (TPSA) is 46.6 Å². The van der Waals surface area contributed by atoms with Crippen LogP contribution in [0.4, 0.5) is 0 Å². The van der Waals surface area contributed by atoms with Gasteiger partial charge in [-0.15, -0.1) is 0 Å². The number of carbonyl (C=O) groups is 2. The van der Waals surface area contributed by atoms with Gasteiger partial charge in [0, 0.05) is 24.4 Å². The van der Waals surface area contributed by atoms with Gasteiger partial charge in [-0.1, -0.05) is 12.1 Å². The summed E-state index contributed by atoms with van der Waals surface area (Å²) in [4.78, 5) is 25.7. The zero-order valence-corrected chi connectivity index (χ0v) is 12.0. The van der Waals surface area contributed by atoms with E-state index in [0.29, 0.717) is 17.9 Å². The minimum Gasteiger partial charge on any atom is -0.497 e. The van der Waals surface area contributed by atoms with Crippen LogP contribution in [-0.2, 0) is 4.79 Å². The van der Waals surface area contributed by atoms with Crippen molar-refractivity contribution in [2.24, 2.45) is 5.92 Å². The molecule has 0 heterocycles. The molecule has 0 aliphatic heterocycles. The van der Waals surface area contributed by atoms with Crippen LogP contribution in [0.2, 0.25) is 0 Å². The molecule has 0 saturated carbocycles. The molecule has 0 radical (unpaired) electrons. The van der Waals surface area contributed by atoms with Gasteiger partial charge in [-0.2, -0.15) is 0 Å². The Kier molecular flexibility index (Phi) is 5.70. The Balaban J connectivity index is 2.93. The van der Waals surface area contributed by atoms with E-state index in [0.717, 1.165) is 0 Å². The van der Waals surface area contributed by atoms with Crippen LogP contribution in [0.25, 0.3) is 0 Å². The van der Waals surface area contributed by atoms with Crippen LogP contribution in [0.5, 0.6) is 5.75 Å². The molecule has 0 amide bonds. The van der Waals surface area contributed by atoms with Gasteiger partial charge in [0.1, 0.15) is 11.5 Å². The second-order valence-corrected chi connectivity index (χ2v) is 4.96. The SMILES string of the molecule is COc1cccc(C(=O)C(CC(C)=O)CN(C)C)c1. The predicted molar refractivity (Wildman–Crippen MR) is 74.7 cm³/mol. The highest BCUT2D eigenvalue weighted by molar-refractivity contribution is 6.00. The molecule has 1 unspecified atom stereocenters.